The van der Waals surface area contributed by atoms with E-state index in [4.69, 9.17) is 4.74 Å². The monoisotopic (exact) mass is 329 g/mol. The van der Waals surface area contributed by atoms with Gasteiger partial charge in [0.05, 0.1) is 6.61 Å². The number of benzene rings is 1. The second kappa shape index (κ2) is 6.83. The zero-order valence-corrected chi connectivity index (χ0v) is 13.4. The van der Waals surface area contributed by atoms with Crippen molar-refractivity contribution >= 4 is 27.7 Å². The Morgan fingerprint density at radius 1 is 1.44 bits per heavy atom. The molecule has 1 aromatic carbocycles. The summed E-state index contributed by atoms with van der Waals surface area (Å²) < 4.78 is 7.06. The van der Waals surface area contributed by atoms with Crippen LogP contribution in [0.2, 0.25) is 0 Å². The molecule has 2 nitrogen and oxygen atoms in total. The van der Waals surface area contributed by atoms with Crippen molar-refractivity contribution in [3.8, 4) is 5.75 Å². The van der Waals surface area contributed by atoms with E-state index in [0.717, 1.165) is 35.2 Å². The highest BCUT2D eigenvalue weighted by atomic mass is 79.9. The van der Waals surface area contributed by atoms with Gasteiger partial charge in [-0.05, 0) is 43.7 Å². The van der Waals surface area contributed by atoms with Crippen molar-refractivity contribution in [3.63, 3.8) is 0 Å². The van der Waals surface area contributed by atoms with Crippen LogP contribution in [0.5, 0.6) is 5.75 Å². The molecule has 100 valence electrons. The summed E-state index contributed by atoms with van der Waals surface area (Å²) in [6.45, 7) is 3.79. The average molecular weight is 330 g/mol. The normalized spacial score (nSPS) is 14.8. The smallest absolute Gasteiger partial charge is 0.126 e. The van der Waals surface area contributed by atoms with Gasteiger partial charge in [0.25, 0.3) is 0 Å². The molecule has 18 heavy (non-hydrogen) atoms. The van der Waals surface area contributed by atoms with Gasteiger partial charge in [-0.3, -0.25) is 0 Å². The number of hydrogen-bond donors (Lipinski definition) is 1. The average Bonchev–Trinajstić information content (AvgIpc) is 3.13. The summed E-state index contributed by atoms with van der Waals surface area (Å²) in [5.41, 5.74) is 2.47. The molecule has 1 aliphatic carbocycles. The van der Waals surface area contributed by atoms with Crippen molar-refractivity contribution in [1.82, 2.24) is 5.32 Å². The lowest BCUT2D eigenvalue weighted by Gasteiger charge is -2.15. The van der Waals surface area contributed by atoms with Gasteiger partial charge in [-0.2, -0.15) is 11.8 Å². The van der Waals surface area contributed by atoms with Gasteiger partial charge in [0.1, 0.15) is 5.75 Å². The van der Waals surface area contributed by atoms with Crippen LogP contribution in [0, 0.1) is 6.92 Å². The Labute approximate surface area is 122 Å². The summed E-state index contributed by atoms with van der Waals surface area (Å²) in [6, 6.07) is 5.01. The lowest BCUT2D eigenvalue weighted by Crippen LogP contribution is -2.16. The largest absolute Gasteiger partial charge is 0.492 e. The lowest BCUT2D eigenvalue weighted by molar-refractivity contribution is 0.336. The van der Waals surface area contributed by atoms with Gasteiger partial charge >= 0.3 is 0 Å². The fourth-order valence-electron chi connectivity index (χ4n) is 1.91. The third kappa shape index (κ3) is 4.18. The predicted octanol–water partition coefficient (Wildman–Crippen LogP) is 3.75. The summed E-state index contributed by atoms with van der Waals surface area (Å²) in [5, 5.41) is 3.55. The Bertz CT molecular complexity index is 407. The molecule has 4 heteroatoms. The number of rotatable bonds is 7. The Balaban J connectivity index is 2.06. The van der Waals surface area contributed by atoms with Gasteiger partial charge in [-0.1, -0.05) is 15.9 Å². The standard InChI is InChI=1S/C14H20BrNOS/c1-10-7-12(15)8-11(9-16-13-3-4-13)14(10)17-5-6-18-2/h7-8,13,16H,3-6,9H2,1-2H3. The minimum atomic E-state index is 0.725. The van der Waals surface area contributed by atoms with E-state index >= 15 is 0 Å². The number of ether oxygens (including phenoxy) is 1. The Morgan fingerprint density at radius 2 is 2.22 bits per heavy atom. The van der Waals surface area contributed by atoms with Crippen molar-refractivity contribution in [2.45, 2.75) is 32.4 Å². The molecule has 0 unspecified atom stereocenters. The van der Waals surface area contributed by atoms with Crippen molar-refractivity contribution < 1.29 is 4.74 Å². The van der Waals surface area contributed by atoms with Crippen LogP contribution in [0.25, 0.3) is 0 Å². The van der Waals surface area contributed by atoms with Crippen LogP contribution in [-0.4, -0.2) is 24.7 Å². The maximum atomic E-state index is 5.93. The van der Waals surface area contributed by atoms with Crippen LogP contribution in [0.3, 0.4) is 0 Å². The molecule has 0 aliphatic heterocycles. The highest BCUT2D eigenvalue weighted by Crippen LogP contribution is 2.29. The van der Waals surface area contributed by atoms with Gasteiger partial charge in [0.15, 0.2) is 0 Å². The molecule has 1 saturated carbocycles. The summed E-state index contributed by atoms with van der Waals surface area (Å²) in [6.07, 6.45) is 4.73. The fraction of sp³-hybridized carbons (Fsp3) is 0.571. The van der Waals surface area contributed by atoms with Crippen molar-refractivity contribution in [3.05, 3.63) is 27.7 Å². The molecule has 1 aliphatic rings. The molecule has 1 aromatic rings. The van der Waals surface area contributed by atoms with E-state index in [1.165, 1.54) is 24.0 Å². The maximum Gasteiger partial charge on any atom is 0.126 e. The third-order valence-corrected chi connectivity index (χ3v) is 4.04. The molecule has 0 amide bonds. The van der Waals surface area contributed by atoms with Crippen LogP contribution < -0.4 is 10.1 Å². The number of hydrogen-bond acceptors (Lipinski definition) is 3. The molecule has 1 N–H and O–H groups in total. The van der Waals surface area contributed by atoms with Gasteiger partial charge in [-0.25, -0.2) is 0 Å². The number of nitrogens with one attached hydrogen (secondary N) is 1. The van der Waals surface area contributed by atoms with Crippen molar-refractivity contribution in [2.24, 2.45) is 0 Å². The Morgan fingerprint density at radius 3 is 2.89 bits per heavy atom. The van der Waals surface area contributed by atoms with Gasteiger partial charge in [0.2, 0.25) is 0 Å². The summed E-state index contributed by atoms with van der Waals surface area (Å²) >= 11 is 5.38. The van der Waals surface area contributed by atoms with Crippen LogP contribution in [0.4, 0.5) is 0 Å². The van der Waals surface area contributed by atoms with Crippen LogP contribution in [-0.2, 0) is 6.54 Å². The molecule has 0 heterocycles. The van der Waals surface area contributed by atoms with Crippen molar-refractivity contribution in [1.29, 1.82) is 0 Å². The van der Waals surface area contributed by atoms with E-state index < -0.39 is 0 Å². The maximum absolute atomic E-state index is 5.93. The Hall–Kier alpha value is -0.190. The summed E-state index contributed by atoms with van der Waals surface area (Å²) in [5.74, 6) is 2.09. The molecule has 0 atom stereocenters. The van der Waals surface area contributed by atoms with E-state index in [-0.39, 0.29) is 0 Å². The Kier molecular flexibility index (Phi) is 5.39. The molecule has 0 spiro atoms. The molecule has 0 aromatic heterocycles. The second-order valence-electron chi connectivity index (χ2n) is 4.71. The van der Waals surface area contributed by atoms with Crippen LogP contribution in [0.15, 0.2) is 16.6 Å². The highest BCUT2D eigenvalue weighted by Gasteiger charge is 2.21. The lowest BCUT2D eigenvalue weighted by atomic mass is 10.1. The van der Waals surface area contributed by atoms with Crippen LogP contribution in [0.1, 0.15) is 24.0 Å². The van der Waals surface area contributed by atoms with Gasteiger partial charge < -0.3 is 10.1 Å². The molecule has 0 saturated heterocycles. The third-order valence-electron chi connectivity index (χ3n) is 3.01. The molecule has 2 rings (SSSR count). The van der Waals surface area contributed by atoms with E-state index in [0.29, 0.717) is 0 Å². The SMILES string of the molecule is CSCCOc1c(C)cc(Br)cc1CNC1CC1. The predicted molar refractivity (Wildman–Crippen MR) is 82.6 cm³/mol. The summed E-state index contributed by atoms with van der Waals surface area (Å²) in [7, 11) is 0. The van der Waals surface area contributed by atoms with Crippen molar-refractivity contribution in [2.75, 3.05) is 18.6 Å². The summed E-state index contributed by atoms with van der Waals surface area (Å²) in [4.78, 5) is 0. The van der Waals surface area contributed by atoms with E-state index in [1.807, 2.05) is 11.8 Å². The van der Waals surface area contributed by atoms with Gasteiger partial charge in [-0.15, -0.1) is 0 Å². The molecule has 0 bridgehead atoms. The first kappa shape index (κ1) is 14.2. The molecule has 1 fully saturated rings. The quantitative estimate of drug-likeness (QED) is 0.770. The number of halogens is 1. The van der Waals surface area contributed by atoms with Crippen LogP contribution >= 0.6 is 27.7 Å². The first-order chi connectivity index (χ1) is 8.70. The molecule has 0 radical (unpaired) electrons. The first-order valence-corrected chi connectivity index (χ1v) is 8.53. The van der Waals surface area contributed by atoms with E-state index in [9.17, 15) is 0 Å². The van der Waals surface area contributed by atoms with E-state index in [2.05, 4.69) is 46.6 Å². The fourth-order valence-corrected chi connectivity index (χ4v) is 2.78. The van der Waals surface area contributed by atoms with Gasteiger partial charge in [0, 0.05) is 28.4 Å². The molecular formula is C14H20BrNOS. The second-order valence-corrected chi connectivity index (χ2v) is 6.61. The number of aryl methyl sites for hydroxylation is 1. The minimum Gasteiger partial charge on any atom is -0.492 e. The minimum absolute atomic E-state index is 0.725. The highest BCUT2D eigenvalue weighted by molar-refractivity contribution is 9.10. The zero-order valence-electron chi connectivity index (χ0n) is 11.0. The zero-order chi connectivity index (χ0) is 13.0. The first-order valence-electron chi connectivity index (χ1n) is 6.35. The topological polar surface area (TPSA) is 21.3 Å². The van der Waals surface area contributed by atoms with E-state index in [1.54, 1.807) is 0 Å². The molecular weight excluding hydrogens is 310 g/mol. The number of thioether (sulfide) groups is 1.